The summed E-state index contributed by atoms with van der Waals surface area (Å²) in [6, 6.07) is 35.4. The highest BCUT2D eigenvalue weighted by Gasteiger charge is 2.16. The summed E-state index contributed by atoms with van der Waals surface area (Å²) in [6.45, 7) is 4.18. The summed E-state index contributed by atoms with van der Waals surface area (Å²) in [4.78, 5) is 0. The number of benzene rings is 5. The fourth-order valence-electron chi connectivity index (χ4n) is 4.55. The number of rotatable bonds is 4. The van der Waals surface area contributed by atoms with Crippen molar-refractivity contribution in [2.75, 3.05) is 0 Å². The first-order chi connectivity index (χ1) is 15.8. The predicted octanol–water partition coefficient (Wildman–Crippen LogP) is 9.22. The molecule has 0 atom stereocenters. The lowest BCUT2D eigenvalue weighted by Gasteiger charge is -2.18. The van der Waals surface area contributed by atoms with Crippen LogP contribution >= 0.6 is 0 Å². The molecule has 0 bridgehead atoms. The Morgan fingerprint density at radius 1 is 0.531 bits per heavy atom. The zero-order valence-electron chi connectivity index (χ0n) is 18.5. The van der Waals surface area contributed by atoms with Crippen molar-refractivity contribution in [2.24, 2.45) is 0 Å². The zero-order valence-corrected chi connectivity index (χ0v) is 18.5. The van der Waals surface area contributed by atoms with Crippen molar-refractivity contribution in [3.63, 3.8) is 0 Å². The van der Waals surface area contributed by atoms with E-state index in [4.69, 9.17) is 0 Å². The van der Waals surface area contributed by atoms with Crippen LogP contribution in [0, 0.1) is 6.92 Å². The van der Waals surface area contributed by atoms with Gasteiger partial charge in [-0.05, 0) is 69.3 Å². The molecule has 154 valence electrons. The van der Waals surface area contributed by atoms with Crippen LogP contribution in [0.5, 0.6) is 0 Å². The Bertz CT molecular complexity index is 1410. The Hall–Kier alpha value is -3.90. The molecular formula is C32H26. The Morgan fingerprint density at radius 3 is 1.66 bits per heavy atom. The summed E-state index contributed by atoms with van der Waals surface area (Å²) in [7, 11) is 0. The van der Waals surface area contributed by atoms with Crippen molar-refractivity contribution < 1.29 is 0 Å². The number of fused-ring (bicyclic) bond motifs is 2. The third-order valence-corrected chi connectivity index (χ3v) is 6.04. The molecule has 5 rings (SSSR count). The maximum atomic E-state index is 2.29. The average molecular weight is 411 g/mol. The molecule has 5 aromatic carbocycles. The molecule has 0 aliphatic rings. The molecule has 0 heterocycles. The Morgan fingerprint density at radius 2 is 1.09 bits per heavy atom. The highest BCUT2D eigenvalue weighted by molar-refractivity contribution is 6.21. The molecule has 0 saturated carbocycles. The van der Waals surface area contributed by atoms with Gasteiger partial charge in [0.1, 0.15) is 0 Å². The van der Waals surface area contributed by atoms with Crippen molar-refractivity contribution in [1.29, 1.82) is 0 Å². The standard InChI is InChI=1S/C32H26/c1-3-4-5-11-24-12-10-13-26(22-24)32-29-16-8-6-14-27(29)31(25-20-18-23(2)19-21-25)28-15-7-9-17-30(28)32/h3-22H,1-2H3/b4-3-,11-5-. The lowest BCUT2D eigenvalue weighted by Crippen LogP contribution is -1.91. The van der Waals surface area contributed by atoms with Crippen molar-refractivity contribution in [3.8, 4) is 22.3 Å². The minimum absolute atomic E-state index is 1.20. The molecule has 0 aliphatic heterocycles. The molecule has 32 heavy (non-hydrogen) atoms. The second kappa shape index (κ2) is 8.69. The fourth-order valence-corrected chi connectivity index (χ4v) is 4.55. The van der Waals surface area contributed by atoms with E-state index in [-0.39, 0.29) is 0 Å². The van der Waals surface area contributed by atoms with Gasteiger partial charge in [0.05, 0.1) is 0 Å². The lowest BCUT2D eigenvalue weighted by atomic mass is 9.85. The first-order valence-corrected chi connectivity index (χ1v) is 11.2. The monoisotopic (exact) mass is 410 g/mol. The second-order valence-corrected chi connectivity index (χ2v) is 8.22. The summed E-state index contributed by atoms with van der Waals surface area (Å²) in [5, 5.41) is 5.16. The van der Waals surface area contributed by atoms with Gasteiger partial charge in [-0.1, -0.05) is 121 Å². The van der Waals surface area contributed by atoms with Crippen LogP contribution < -0.4 is 0 Å². The van der Waals surface area contributed by atoms with Gasteiger partial charge in [0.25, 0.3) is 0 Å². The van der Waals surface area contributed by atoms with Crippen molar-refractivity contribution in [2.45, 2.75) is 13.8 Å². The number of hydrogen-bond acceptors (Lipinski definition) is 0. The van der Waals surface area contributed by atoms with Crippen LogP contribution in [0.4, 0.5) is 0 Å². The van der Waals surface area contributed by atoms with Crippen LogP contribution in [0.1, 0.15) is 18.1 Å². The van der Waals surface area contributed by atoms with Crippen LogP contribution in [-0.4, -0.2) is 0 Å². The van der Waals surface area contributed by atoms with Crippen molar-refractivity contribution >= 4 is 27.6 Å². The van der Waals surface area contributed by atoms with E-state index in [0.29, 0.717) is 0 Å². The van der Waals surface area contributed by atoms with Gasteiger partial charge in [-0.15, -0.1) is 0 Å². The summed E-state index contributed by atoms with van der Waals surface area (Å²) < 4.78 is 0. The van der Waals surface area contributed by atoms with E-state index in [1.165, 1.54) is 54.9 Å². The topological polar surface area (TPSA) is 0 Å². The third-order valence-electron chi connectivity index (χ3n) is 6.04. The largest absolute Gasteiger partial charge is 0.0877 e. The maximum absolute atomic E-state index is 2.29. The summed E-state index contributed by atoms with van der Waals surface area (Å²) in [5.41, 5.74) is 7.60. The first kappa shape index (κ1) is 20.0. The molecule has 0 heteroatoms. The Balaban J connectivity index is 1.85. The van der Waals surface area contributed by atoms with Gasteiger partial charge in [-0.25, -0.2) is 0 Å². The van der Waals surface area contributed by atoms with Gasteiger partial charge in [0, 0.05) is 0 Å². The van der Waals surface area contributed by atoms with E-state index in [9.17, 15) is 0 Å². The molecule has 0 saturated heterocycles. The highest BCUT2D eigenvalue weighted by Crippen LogP contribution is 2.43. The minimum atomic E-state index is 1.20. The molecule has 5 aromatic rings. The van der Waals surface area contributed by atoms with Crippen LogP contribution in [0.2, 0.25) is 0 Å². The molecule has 0 aliphatic carbocycles. The number of hydrogen-bond donors (Lipinski definition) is 0. The van der Waals surface area contributed by atoms with Crippen LogP contribution in [-0.2, 0) is 0 Å². The smallest absolute Gasteiger partial charge is 0.00262 e. The summed E-state index contributed by atoms with van der Waals surface area (Å²) >= 11 is 0. The maximum Gasteiger partial charge on any atom is -0.00262 e. The Kier molecular flexibility index (Phi) is 5.44. The number of allylic oxidation sites excluding steroid dienone is 3. The SMILES string of the molecule is C/C=C\C=C/c1cccc(-c2c3ccccc3c(-c3ccc(C)cc3)c3ccccc23)c1. The van der Waals surface area contributed by atoms with Gasteiger partial charge in [0.15, 0.2) is 0 Å². The normalized spacial score (nSPS) is 11.8. The highest BCUT2D eigenvalue weighted by atomic mass is 14.2. The molecule has 0 unspecified atom stereocenters. The molecule has 0 amide bonds. The molecule has 0 radical (unpaired) electrons. The summed E-state index contributed by atoms with van der Waals surface area (Å²) in [5.74, 6) is 0. The Labute approximate surface area is 190 Å². The predicted molar refractivity (Wildman–Crippen MR) is 141 cm³/mol. The molecular weight excluding hydrogens is 384 g/mol. The van der Waals surface area contributed by atoms with Crippen LogP contribution in [0.25, 0.3) is 49.9 Å². The van der Waals surface area contributed by atoms with Crippen molar-refractivity contribution in [3.05, 3.63) is 126 Å². The summed E-state index contributed by atoms with van der Waals surface area (Å²) in [6.07, 6.45) is 8.36. The van der Waals surface area contributed by atoms with E-state index < -0.39 is 0 Å². The molecule has 0 nitrogen and oxygen atoms in total. The van der Waals surface area contributed by atoms with Gasteiger partial charge >= 0.3 is 0 Å². The fraction of sp³-hybridized carbons (Fsp3) is 0.0625. The molecule has 0 fully saturated rings. The van der Waals surface area contributed by atoms with E-state index in [2.05, 4.69) is 122 Å². The minimum Gasteiger partial charge on any atom is -0.0877 e. The van der Waals surface area contributed by atoms with Crippen LogP contribution in [0.3, 0.4) is 0 Å². The van der Waals surface area contributed by atoms with Gasteiger partial charge in [-0.2, -0.15) is 0 Å². The zero-order chi connectivity index (χ0) is 21.9. The van der Waals surface area contributed by atoms with Crippen molar-refractivity contribution in [1.82, 2.24) is 0 Å². The van der Waals surface area contributed by atoms with Gasteiger partial charge in [-0.3, -0.25) is 0 Å². The van der Waals surface area contributed by atoms with E-state index in [1.54, 1.807) is 0 Å². The van der Waals surface area contributed by atoms with E-state index in [1.807, 2.05) is 13.0 Å². The molecule has 0 N–H and O–H groups in total. The first-order valence-electron chi connectivity index (χ1n) is 11.2. The van der Waals surface area contributed by atoms with E-state index in [0.717, 1.165) is 0 Å². The quantitative estimate of drug-likeness (QED) is 0.204. The molecule has 0 aromatic heterocycles. The van der Waals surface area contributed by atoms with Gasteiger partial charge in [0.2, 0.25) is 0 Å². The number of aryl methyl sites for hydroxylation is 1. The lowest BCUT2D eigenvalue weighted by molar-refractivity contribution is 1.47. The van der Waals surface area contributed by atoms with Gasteiger partial charge < -0.3 is 0 Å². The van der Waals surface area contributed by atoms with E-state index >= 15 is 0 Å². The third kappa shape index (κ3) is 3.65. The second-order valence-electron chi connectivity index (χ2n) is 8.22. The molecule has 0 spiro atoms. The average Bonchev–Trinajstić information content (AvgIpc) is 2.83. The van der Waals surface area contributed by atoms with Crippen LogP contribution in [0.15, 0.2) is 115 Å².